The van der Waals surface area contributed by atoms with E-state index in [-0.39, 0.29) is 11.9 Å². The summed E-state index contributed by atoms with van der Waals surface area (Å²) in [4.78, 5) is 15.3. The first kappa shape index (κ1) is 19.6. The van der Waals surface area contributed by atoms with Gasteiger partial charge in [0.05, 0.1) is 17.3 Å². The molecule has 3 heteroatoms. The molecule has 0 aromatic heterocycles. The van der Waals surface area contributed by atoms with Crippen molar-refractivity contribution in [3.05, 3.63) is 113 Å². The van der Waals surface area contributed by atoms with Crippen LogP contribution < -0.4 is 5.32 Å². The second kappa shape index (κ2) is 8.07. The molecule has 156 valence electrons. The third-order valence-electron chi connectivity index (χ3n) is 6.67. The van der Waals surface area contributed by atoms with Crippen molar-refractivity contribution in [1.29, 1.82) is 0 Å². The number of fused-ring (bicyclic) bond motifs is 3. The van der Waals surface area contributed by atoms with Gasteiger partial charge in [-0.05, 0) is 42.0 Å². The molecule has 1 heterocycles. The first-order valence-corrected chi connectivity index (χ1v) is 11.0. The standard InChI is InChI=1S/C28H28N2O/c1-19-14-16-21(17-15-19)26-23-11-6-10-22(23)24-12-7-13-25(27(24)29-26)28(31)30(2)18-20-8-4-3-5-9-20/h3-10,12-17,22-23,26,29H,11,18H2,1-2H3. The maximum absolute atomic E-state index is 13.5. The summed E-state index contributed by atoms with van der Waals surface area (Å²) < 4.78 is 0. The summed E-state index contributed by atoms with van der Waals surface area (Å²) in [6.45, 7) is 2.71. The molecule has 3 aromatic rings. The van der Waals surface area contributed by atoms with E-state index < -0.39 is 0 Å². The summed E-state index contributed by atoms with van der Waals surface area (Å²) in [6, 6.07) is 25.3. The minimum atomic E-state index is 0.0521. The van der Waals surface area contributed by atoms with Crippen LogP contribution in [0.15, 0.2) is 84.9 Å². The van der Waals surface area contributed by atoms with Crippen molar-refractivity contribution >= 4 is 11.6 Å². The lowest BCUT2D eigenvalue weighted by atomic mass is 9.76. The van der Waals surface area contributed by atoms with Crippen LogP contribution in [0, 0.1) is 12.8 Å². The quantitative estimate of drug-likeness (QED) is 0.530. The normalized spacial score (nSPS) is 21.2. The zero-order chi connectivity index (χ0) is 21.4. The number of hydrogen-bond donors (Lipinski definition) is 1. The van der Waals surface area contributed by atoms with Gasteiger partial charge in [-0.2, -0.15) is 0 Å². The smallest absolute Gasteiger partial charge is 0.256 e. The average molecular weight is 409 g/mol. The fourth-order valence-corrected chi connectivity index (χ4v) is 5.04. The molecule has 0 saturated heterocycles. The highest BCUT2D eigenvalue weighted by atomic mass is 16.2. The average Bonchev–Trinajstić information content (AvgIpc) is 3.29. The molecule has 3 unspecified atom stereocenters. The number of carbonyl (C=O) groups is 1. The number of benzene rings is 3. The second-order valence-electron chi connectivity index (χ2n) is 8.80. The largest absolute Gasteiger partial charge is 0.377 e. The first-order chi connectivity index (χ1) is 15.1. The number of aryl methyl sites for hydroxylation is 1. The van der Waals surface area contributed by atoms with Crippen LogP contribution in [0.25, 0.3) is 0 Å². The van der Waals surface area contributed by atoms with E-state index in [9.17, 15) is 4.79 Å². The first-order valence-electron chi connectivity index (χ1n) is 11.0. The van der Waals surface area contributed by atoms with Gasteiger partial charge in [-0.1, -0.05) is 84.4 Å². The predicted molar refractivity (Wildman–Crippen MR) is 126 cm³/mol. The van der Waals surface area contributed by atoms with Crippen LogP contribution in [0.3, 0.4) is 0 Å². The van der Waals surface area contributed by atoms with Crippen LogP contribution in [0.1, 0.15) is 51.0 Å². The van der Waals surface area contributed by atoms with E-state index >= 15 is 0 Å². The number of nitrogens with zero attached hydrogens (tertiary/aromatic N) is 1. The minimum Gasteiger partial charge on any atom is -0.377 e. The molecule has 5 rings (SSSR count). The maximum atomic E-state index is 13.5. The zero-order valence-electron chi connectivity index (χ0n) is 18.1. The lowest BCUT2D eigenvalue weighted by molar-refractivity contribution is 0.0785. The van der Waals surface area contributed by atoms with Crippen molar-refractivity contribution in [1.82, 2.24) is 4.90 Å². The van der Waals surface area contributed by atoms with Crippen LogP contribution in [-0.2, 0) is 6.54 Å². The summed E-state index contributed by atoms with van der Waals surface area (Å²) in [6.07, 6.45) is 5.68. The lowest BCUT2D eigenvalue weighted by Gasteiger charge is -2.38. The van der Waals surface area contributed by atoms with Crippen LogP contribution in [-0.4, -0.2) is 17.9 Å². The van der Waals surface area contributed by atoms with Crippen molar-refractivity contribution in [2.45, 2.75) is 31.8 Å². The van der Waals surface area contributed by atoms with Gasteiger partial charge in [0, 0.05) is 19.5 Å². The third-order valence-corrected chi connectivity index (χ3v) is 6.67. The molecular weight excluding hydrogens is 380 g/mol. The van der Waals surface area contributed by atoms with Gasteiger partial charge >= 0.3 is 0 Å². The molecule has 0 radical (unpaired) electrons. The van der Waals surface area contributed by atoms with E-state index in [1.807, 2.05) is 42.3 Å². The van der Waals surface area contributed by atoms with Crippen molar-refractivity contribution in [2.75, 3.05) is 12.4 Å². The Kier molecular flexibility index (Phi) is 5.11. The van der Waals surface area contributed by atoms with Crippen LogP contribution >= 0.6 is 0 Å². The molecule has 0 saturated carbocycles. The lowest BCUT2D eigenvalue weighted by Crippen LogP contribution is -2.32. The SMILES string of the molecule is Cc1ccc(C2Nc3c(C(=O)N(C)Cc4ccccc4)cccc3C3C=CCC32)cc1. The van der Waals surface area contributed by atoms with Crippen molar-refractivity contribution in [3.63, 3.8) is 0 Å². The van der Waals surface area contributed by atoms with Gasteiger partial charge < -0.3 is 10.2 Å². The van der Waals surface area contributed by atoms with Gasteiger partial charge in [-0.3, -0.25) is 4.79 Å². The highest BCUT2D eigenvalue weighted by molar-refractivity contribution is 6.00. The number of anilines is 1. The van der Waals surface area contributed by atoms with Crippen LogP contribution in [0.4, 0.5) is 5.69 Å². The van der Waals surface area contributed by atoms with Gasteiger partial charge in [0.2, 0.25) is 0 Å². The molecule has 3 nitrogen and oxygen atoms in total. The molecule has 1 aliphatic heterocycles. The molecule has 31 heavy (non-hydrogen) atoms. The summed E-state index contributed by atoms with van der Waals surface area (Å²) in [5, 5.41) is 3.78. The Labute approximate surface area is 184 Å². The van der Waals surface area contributed by atoms with E-state index in [0.717, 1.165) is 23.2 Å². The Morgan fingerprint density at radius 1 is 1.00 bits per heavy atom. The van der Waals surface area contributed by atoms with Crippen LogP contribution in [0.2, 0.25) is 0 Å². The number of carbonyl (C=O) groups excluding carboxylic acids is 1. The van der Waals surface area contributed by atoms with E-state index in [4.69, 9.17) is 0 Å². The highest BCUT2D eigenvalue weighted by Gasteiger charge is 2.39. The Morgan fingerprint density at radius 3 is 2.55 bits per heavy atom. The van der Waals surface area contributed by atoms with Gasteiger partial charge in [0.25, 0.3) is 5.91 Å². The Hall–Kier alpha value is -3.33. The van der Waals surface area contributed by atoms with Crippen molar-refractivity contribution < 1.29 is 4.79 Å². The molecule has 1 N–H and O–H groups in total. The van der Waals surface area contributed by atoms with Crippen molar-refractivity contribution in [3.8, 4) is 0 Å². The number of amides is 1. The van der Waals surface area contributed by atoms with Gasteiger partial charge in [-0.25, -0.2) is 0 Å². The number of allylic oxidation sites excluding steroid dienone is 2. The number of para-hydroxylation sites is 1. The zero-order valence-corrected chi connectivity index (χ0v) is 18.1. The molecule has 1 aliphatic carbocycles. The Bertz CT molecular complexity index is 1120. The van der Waals surface area contributed by atoms with Gasteiger partial charge in [0.1, 0.15) is 0 Å². The summed E-state index contributed by atoms with van der Waals surface area (Å²) in [7, 11) is 1.88. The van der Waals surface area contributed by atoms with E-state index in [1.54, 1.807) is 0 Å². The molecule has 0 bridgehead atoms. The third kappa shape index (κ3) is 3.65. The topological polar surface area (TPSA) is 32.3 Å². The molecule has 3 atom stereocenters. The number of hydrogen-bond acceptors (Lipinski definition) is 2. The molecule has 2 aliphatic rings. The van der Waals surface area contributed by atoms with E-state index in [2.05, 4.69) is 66.9 Å². The van der Waals surface area contributed by atoms with Gasteiger partial charge in [-0.15, -0.1) is 0 Å². The Balaban J connectivity index is 1.50. The molecule has 3 aromatic carbocycles. The second-order valence-corrected chi connectivity index (χ2v) is 8.80. The highest BCUT2D eigenvalue weighted by Crippen LogP contribution is 2.50. The minimum absolute atomic E-state index is 0.0521. The fourth-order valence-electron chi connectivity index (χ4n) is 5.04. The maximum Gasteiger partial charge on any atom is 0.256 e. The van der Waals surface area contributed by atoms with E-state index in [1.165, 1.54) is 16.7 Å². The monoisotopic (exact) mass is 408 g/mol. The Morgan fingerprint density at radius 2 is 1.77 bits per heavy atom. The summed E-state index contributed by atoms with van der Waals surface area (Å²) in [5.74, 6) is 0.869. The van der Waals surface area contributed by atoms with E-state index in [0.29, 0.717) is 18.4 Å². The molecule has 0 spiro atoms. The number of nitrogens with one attached hydrogen (secondary N) is 1. The summed E-state index contributed by atoms with van der Waals surface area (Å²) in [5.41, 5.74) is 6.67. The van der Waals surface area contributed by atoms with Gasteiger partial charge in [0.15, 0.2) is 0 Å². The number of rotatable bonds is 4. The summed E-state index contributed by atoms with van der Waals surface area (Å²) >= 11 is 0. The molecular formula is C28H28N2O. The molecule has 0 fully saturated rings. The fraction of sp³-hybridized carbons (Fsp3) is 0.250. The predicted octanol–water partition coefficient (Wildman–Crippen LogP) is 6.09. The van der Waals surface area contributed by atoms with Crippen LogP contribution in [0.5, 0.6) is 0 Å². The van der Waals surface area contributed by atoms with Crippen molar-refractivity contribution in [2.24, 2.45) is 5.92 Å². The molecule has 1 amide bonds.